The van der Waals surface area contributed by atoms with Crippen LogP contribution in [0.4, 0.5) is 11.4 Å². The van der Waals surface area contributed by atoms with Crippen molar-refractivity contribution in [3.63, 3.8) is 0 Å². The minimum absolute atomic E-state index is 0.425. The van der Waals surface area contributed by atoms with Gasteiger partial charge in [0.15, 0.2) is 0 Å². The van der Waals surface area contributed by atoms with Crippen molar-refractivity contribution in [2.75, 3.05) is 24.1 Å². The van der Waals surface area contributed by atoms with E-state index >= 15 is 0 Å². The van der Waals surface area contributed by atoms with Gasteiger partial charge >= 0.3 is 10.2 Å². The number of para-hydroxylation sites is 2. The van der Waals surface area contributed by atoms with Crippen molar-refractivity contribution in [3.8, 4) is 0 Å². The van der Waals surface area contributed by atoms with Crippen molar-refractivity contribution in [1.82, 2.24) is 4.72 Å². The van der Waals surface area contributed by atoms with Gasteiger partial charge in [-0.05, 0) is 12.1 Å². The second-order valence-electron chi connectivity index (χ2n) is 2.74. The second-order valence-corrected chi connectivity index (χ2v) is 4.64. The Morgan fingerprint density at radius 1 is 1.36 bits per heavy atom. The quantitative estimate of drug-likeness (QED) is 0.706. The average Bonchev–Trinajstić information content (AvgIpc) is 2.17. The van der Waals surface area contributed by atoms with Crippen LogP contribution in [0.5, 0.6) is 0 Å². The summed E-state index contributed by atoms with van der Waals surface area (Å²) in [6.07, 6.45) is 0. The summed E-state index contributed by atoms with van der Waals surface area (Å²) < 4.78 is 26.1. The number of anilines is 2. The molecule has 0 bridgehead atoms. The molecule has 0 fully saturated rings. The molecule has 1 aromatic carbocycles. The van der Waals surface area contributed by atoms with E-state index in [1.54, 1.807) is 24.3 Å². The first-order valence-corrected chi connectivity index (χ1v) is 5.45. The Morgan fingerprint density at radius 2 is 1.93 bits per heavy atom. The van der Waals surface area contributed by atoms with Crippen LogP contribution in [0.15, 0.2) is 24.3 Å². The topological polar surface area (TPSA) is 75.4 Å². The van der Waals surface area contributed by atoms with E-state index in [-0.39, 0.29) is 0 Å². The van der Waals surface area contributed by atoms with Gasteiger partial charge in [-0.3, -0.25) is 4.31 Å². The molecule has 14 heavy (non-hydrogen) atoms. The summed E-state index contributed by atoms with van der Waals surface area (Å²) >= 11 is 0. The third-order valence-corrected chi connectivity index (χ3v) is 3.33. The predicted octanol–water partition coefficient (Wildman–Crippen LogP) is 0.169. The third kappa shape index (κ3) is 1.97. The SMILES string of the molecule is CNS(=O)(=O)N(C)c1ccccc1N. The fraction of sp³-hybridized carbons (Fsp3) is 0.250. The molecule has 0 atom stereocenters. The van der Waals surface area contributed by atoms with Gasteiger partial charge in [-0.2, -0.15) is 8.42 Å². The van der Waals surface area contributed by atoms with Crippen LogP contribution in [0.25, 0.3) is 0 Å². The van der Waals surface area contributed by atoms with E-state index in [4.69, 9.17) is 5.73 Å². The summed E-state index contributed by atoms with van der Waals surface area (Å²) in [5.41, 5.74) is 6.52. The summed E-state index contributed by atoms with van der Waals surface area (Å²) in [5, 5.41) is 0. The molecule has 0 heterocycles. The largest absolute Gasteiger partial charge is 0.397 e. The molecule has 0 saturated carbocycles. The van der Waals surface area contributed by atoms with Crippen molar-refractivity contribution < 1.29 is 8.42 Å². The van der Waals surface area contributed by atoms with Gasteiger partial charge < -0.3 is 5.73 Å². The van der Waals surface area contributed by atoms with Crippen molar-refractivity contribution >= 4 is 21.6 Å². The van der Waals surface area contributed by atoms with Crippen LogP contribution < -0.4 is 14.8 Å². The van der Waals surface area contributed by atoms with Gasteiger partial charge in [0.25, 0.3) is 0 Å². The van der Waals surface area contributed by atoms with Gasteiger partial charge in [0.05, 0.1) is 11.4 Å². The molecule has 1 rings (SSSR count). The second kappa shape index (κ2) is 3.85. The minimum atomic E-state index is -3.47. The van der Waals surface area contributed by atoms with Gasteiger partial charge in [-0.1, -0.05) is 12.1 Å². The zero-order valence-electron chi connectivity index (χ0n) is 8.06. The summed E-state index contributed by atoms with van der Waals surface area (Å²) in [5.74, 6) is 0. The normalized spacial score (nSPS) is 11.3. The fourth-order valence-corrected chi connectivity index (χ4v) is 1.74. The Morgan fingerprint density at radius 3 is 2.43 bits per heavy atom. The highest BCUT2D eigenvalue weighted by Gasteiger charge is 2.16. The standard InChI is InChI=1S/C8H13N3O2S/c1-10-14(12,13)11(2)8-6-4-3-5-7(8)9/h3-6,10H,9H2,1-2H3. The molecule has 0 amide bonds. The minimum Gasteiger partial charge on any atom is -0.397 e. The number of nitrogen functional groups attached to an aromatic ring is 1. The third-order valence-electron chi connectivity index (χ3n) is 1.89. The number of hydrogen-bond donors (Lipinski definition) is 2. The molecule has 0 spiro atoms. The first-order chi connectivity index (χ1) is 6.49. The molecular formula is C8H13N3O2S. The highest BCUT2D eigenvalue weighted by molar-refractivity contribution is 7.90. The van der Waals surface area contributed by atoms with E-state index in [0.29, 0.717) is 11.4 Å². The van der Waals surface area contributed by atoms with E-state index in [0.717, 1.165) is 4.31 Å². The smallest absolute Gasteiger partial charge is 0.301 e. The molecule has 5 nitrogen and oxygen atoms in total. The maximum atomic E-state index is 11.4. The zero-order valence-corrected chi connectivity index (χ0v) is 8.88. The maximum Gasteiger partial charge on any atom is 0.301 e. The van der Waals surface area contributed by atoms with E-state index in [1.165, 1.54) is 14.1 Å². The molecule has 0 aliphatic carbocycles. The number of rotatable bonds is 3. The van der Waals surface area contributed by atoms with Gasteiger partial charge in [-0.25, -0.2) is 4.72 Å². The molecule has 6 heteroatoms. The molecule has 0 aliphatic heterocycles. The number of nitrogens with zero attached hydrogens (tertiary/aromatic N) is 1. The van der Waals surface area contributed by atoms with Gasteiger partial charge in [-0.15, -0.1) is 0 Å². The van der Waals surface area contributed by atoms with Crippen LogP contribution in [0.3, 0.4) is 0 Å². The van der Waals surface area contributed by atoms with E-state index < -0.39 is 10.2 Å². The van der Waals surface area contributed by atoms with Crippen molar-refractivity contribution in [2.24, 2.45) is 0 Å². The molecule has 1 aromatic rings. The molecule has 78 valence electrons. The van der Waals surface area contributed by atoms with Crippen LogP contribution in [0.2, 0.25) is 0 Å². The molecule has 3 N–H and O–H groups in total. The molecule has 0 unspecified atom stereocenters. The Kier molecular flexibility index (Phi) is 2.97. The van der Waals surface area contributed by atoms with Crippen LogP contribution in [0.1, 0.15) is 0 Å². The average molecular weight is 215 g/mol. The lowest BCUT2D eigenvalue weighted by Crippen LogP contribution is -2.36. The lowest BCUT2D eigenvalue weighted by Gasteiger charge is -2.19. The molecule has 0 aromatic heterocycles. The van der Waals surface area contributed by atoms with Crippen LogP contribution in [0, 0.1) is 0 Å². The fourth-order valence-electron chi connectivity index (χ4n) is 1.04. The Labute approximate surface area is 83.7 Å². The lowest BCUT2D eigenvalue weighted by molar-refractivity contribution is 0.586. The highest BCUT2D eigenvalue weighted by Crippen LogP contribution is 2.22. The van der Waals surface area contributed by atoms with Crippen LogP contribution in [-0.2, 0) is 10.2 Å². The molecular weight excluding hydrogens is 202 g/mol. The van der Waals surface area contributed by atoms with Crippen molar-refractivity contribution in [1.29, 1.82) is 0 Å². The zero-order chi connectivity index (χ0) is 10.8. The predicted molar refractivity (Wildman–Crippen MR) is 57.2 cm³/mol. The maximum absolute atomic E-state index is 11.4. The summed E-state index contributed by atoms with van der Waals surface area (Å²) in [6.45, 7) is 0. The first kappa shape index (κ1) is 10.8. The van der Waals surface area contributed by atoms with E-state index in [1.807, 2.05) is 0 Å². The molecule has 0 saturated heterocycles. The summed E-state index contributed by atoms with van der Waals surface area (Å²) in [7, 11) is -0.676. The monoisotopic (exact) mass is 215 g/mol. The van der Waals surface area contributed by atoms with Gasteiger partial charge in [0.2, 0.25) is 0 Å². The number of nitrogens with one attached hydrogen (secondary N) is 1. The Bertz CT molecular complexity index is 416. The molecule has 0 aliphatic rings. The summed E-state index contributed by atoms with van der Waals surface area (Å²) in [6, 6.07) is 6.77. The summed E-state index contributed by atoms with van der Waals surface area (Å²) in [4.78, 5) is 0. The highest BCUT2D eigenvalue weighted by atomic mass is 32.2. The lowest BCUT2D eigenvalue weighted by atomic mass is 10.3. The van der Waals surface area contributed by atoms with Gasteiger partial charge in [0.1, 0.15) is 0 Å². The van der Waals surface area contributed by atoms with Crippen molar-refractivity contribution in [2.45, 2.75) is 0 Å². The van der Waals surface area contributed by atoms with Gasteiger partial charge in [0, 0.05) is 14.1 Å². The number of nitrogens with two attached hydrogens (primary N) is 1. The number of benzene rings is 1. The van der Waals surface area contributed by atoms with E-state index in [2.05, 4.69) is 4.72 Å². The first-order valence-electron chi connectivity index (χ1n) is 4.01. The Hall–Kier alpha value is -1.27. The Balaban J connectivity index is 3.14. The molecule has 0 radical (unpaired) electrons. The van der Waals surface area contributed by atoms with Crippen LogP contribution >= 0.6 is 0 Å². The van der Waals surface area contributed by atoms with Crippen molar-refractivity contribution in [3.05, 3.63) is 24.3 Å². The van der Waals surface area contributed by atoms with Crippen LogP contribution in [-0.4, -0.2) is 22.5 Å². The number of hydrogen-bond acceptors (Lipinski definition) is 3. The van der Waals surface area contributed by atoms with E-state index in [9.17, 15) is 8.42 Å².